The molecule has 0 radical (unpaired) electrons. The minimum Gasteiger partial charge on any atom is -0.494 e. The van der Waals surface area contributed by atoms with Crippen LogP contribution in [0, 0.1) is 5.92 Å². The Labute approximate surface area is 266 Å². The second kappa shape index (κ2) is 15.2. The van der Waals surface area contributed by atoms with Gasteiger partial charge in [-0.3, -0.25) is 4.79 Å². The molecule has 3 aromatic rings. The number of aliphatic imine (C=N–C) groups is 1. The molecule has 0 aromatic heterocycles. The molecule has 230 valence electrons. The summed E-state index contributed by atoms with van der Waals surface area (Å²) in [7, 11) is 0. The van der Waals surface area contributed by atoms with Crippen molar-refractivity contribution in [2.45, 2.75) is 63.1 Å². The number of carbonyl (C=O) groups excluding carboxylic acids is 1. The average Bonchev–Trinajstić information content (AvgIpc) is 3.45. The van der Waals surface area contributed by atoms with Crippen molar-refractivity contribution in [3.05, 3.63) is 110 Å². The predicted molar refractivity (Wildman–Crippen MR) is 173 cm³/mol. The van der Waals surface area contributed by atoms with Crippen LogP contribution in [-0.2, 0) is 22.5 Å². The number of aliphatic hydroxyl groups excluding tert-OH is 1. The summed E-state index contributed by atoms with van der Waals surface area (Å²) in [6.07, 6.45) is 5.93. The predicted octanol–water partition coefficient (Wildman–Crippen LogP) is 7.22. The molecular weight excluding hydrogens is 622 g/mol. The first-order chi connectivity index (χ1) is 21.5. The summed E-state index contributed by atoms with van der Waals surface area (Å²) in [4.78, 5) is 22.6. The molecule has 1 amide bonds. The van der Waals surface area contributed by atoms with Crippen molar-refractivity contribution in [3.63, 3.8) is 0 Å². The van der Waals surface area contributed by atoms with E-state index >= 15 is 0 Å². The van der Waals surface area contributed by atoms with E-state index in [-0.39, 0.29) is 25.5 Å². The summed E-state index contributed by atoms with van der Waals surface area (Å²) in [6, 6.07) is 22.9. The first-order valence-electron chi connectivity index (χ1n) is 15.2. The smallest absolute Gasteiger partial charge is 0.252 e. The van der Waals surface area contributed by atoms with Gasteiger partial charge in [-0.25, -0.2) is 4.99 Å². The van der Waals surface area contributed by atoms with Crippen LogP contribution in [0.2, 0.25) is 0 Å². The van der Waals surface area contributed by atoms with Crippen molar-refractivity contribution < 1.29 is 19.4 Å². The van der Waals surface area contributed by atoms with E-state index in [2.05, 4.69) is 31.3 Å². The Kier molecular flexibility index (Phi) is 10.9. The third kappa shape index (κ3) is 7.62. The quantitative estimate of drug-likeness (QED) is 0.0869. The van der Waals surface area contributed by atoms with E-state index in [0.29, 0.717) is 37.1 Å². The Balaban J connectivity index is 1.56. The lowest BCUT2D eigenvalue weighted by molar-refractivity contribution is -0.129. The maximum atomic E-state index is 14.5. The van der Waals surface area contributed by atoms with E-state index in [4.69, 9.17) is 25.1 Å². The summed E-state index contributed by atoms with van der Waals surface area (Å²) in [5, 5.41) is 16.2. The van der Waals surface area contributed by atoms with Gasteiger partial charge >= 0.3 is 0 Å². The lowest BCUT2D eigenvalue weighted by atomic mass is 9.80. The third-order valence-electron chi connectivity index (χ3n) is 8.36. The van der Waals surface area contributed by atoms with Gasteiger partial charge in [-0.05, 0) is 77.4 Å². The highest BCUT2D eigenvalue weighted by molar-refractivity contribution is 9.10. The molecule has 2 N–H and O–H groups in total. The molecule has 1 heterocycles. The van der Waals surface area contributed by atoms with Gasteiger partial charge in [0.1, 0.15) is 5.75 Å². The van der Waals surface area contributed by atoms with Crippen molar-refractivity contribution >= 4 is 27.7 Å². The summed E-state index contributed by atoms with van der Waals surface area (Å²) in [5.41, 5.74) is 11.0. The largest absolute Gasteiger partial charge is 0.494 e. The highest BCUT2D eigenvalue weighted by atomic mass is 79.9. The summed E-state index contributed by atoms with van der Waals surface area (Å²) < 4.78 is 13.3. The number of nitrogens with one attached hydrogen (secondary N) is 1. The molecule has 44 heavy (non-hydrogen) atoms. The SMILES string of the molecule is [N-]=[N+]=NCc1ccccc1C[C@@]1(C(=O)NCC2CCCCC2)N=C(c2ccc(OCCCO)cc2)O[C@@H]1c1ccc(Br)cc1. The number of hydrogen-bond donors (Lipinski definition) is 2. The fourth-order valence-corrected chi connectivity index (χ4v) is 6.25. The molecule has 10 heteroatoms. The Hall–Kier alpha value is -3.85. The van der Waals surface area contributed by atoms with Crippen LogP contribution >= 0.6 is 15.9 Å². The fourth-order valence-electron chi connectivity index (χ4n) is 5.98. The Morgan fingerprint density at radius 2 is 1.80 bits per heavy atom. The molecule has 1 saturated carbocycles. The zero-order chi connectivity index (χ0) is 30.8. The van der Waals surface area contributed by atoms with Gasteiger partial charge in [-0.1, -0.05) is 76.7 Å². The minimum absolute atomic E-state index is 0.0665. The van der Waals surface area contributed by atoms with Crippen LogP contribution in [0.5, 0.6) is 5.75 Å². The van der Waals surface area contributed by atoms with Crippen molar-refractivity contribution in [1.82, 2.24) is 5.32 Å². The molecule has 9 nitrogen and oxygen atoms in total. The normalized spacial score (nSPS) is 19.9. The van der Waals surface area contributed by atoms with E-state index < -0.39 is 11.6 Å². The molecule has 2 atom stereocenters. The van der Waals surface area contributed by atoms with Crippen molar-refractivity contribution in [2.24, 2.45) is 16.0 Å². The lowest BCUT2D eigenvalue weighted by Crippen LogP contribution is -2.51. The highest BCUT2D eigenvalue weighted by Gasteiger charge is 2.53. The number of nitrogens with zero attached hydrogens (tertiary/aromatic N) is 4. The first-order valence-corrected chi connectivity index (χ1v) is 16.0. The molecule has 0 unspecified atom stereocenters. The van der Waals surface area contributed by atoms with E-state index in [1.54, 1.807) is 0 Å². The van der Waals surface area contributed by atoms with Gasteiger partial charge < -0.3 is 19.9 Å². The van der Waals surface area contributed by atoms with Gasteiger partial charge in [0.15, 0.2) is 11.6 Å². The molecular formula is C34H38BrN5O4. The molecule has 5 rings (SSSR count). The minimum atomic E-state index is -1.32. The number of amides is 1. The van der Waals surface area contributed by atoms with Crippen LogP contribution < -0.4 is 10.1 Å². The highest BCUT2D eigenvalue weighted by Crippen LogP contribution is 2.43. The van der Waals surface area contributed by atoms with Crippen molar-refractivity contribution in [3.8, 4) is 5.75 Å². The summed E-state index contributed by atoms with van der Waals surface area (Å²) >= 11 is 3.53. The topological polar surface area (TPSA) is 129 Å². The fraction of sp³-hybridized carbons (Fsp3) is 0.412. The number of halogens is 1. The van der Waals surface area contributed by atoms with Crippen LogP contribution in [0.25, 0.3) is 10.4 Å². The zero-order valence-electron chi connectivity index (χ0n) is 24.7. The number of rotatable bonds is 13. The number of azide groups is 1. The zero-order valence-corrected chi connectivity index (χ0v) is 26.3. The van der Waals surface area contributed by atoms with Crippen molar-refractivity contribution in [1.29, 1.82) is 0 Å². The molecule has 1 aliphatic heterocycles. The second-order valence-corrected chi connectivity index (χ2v) is 12.3. The van der Waals surface area contributed by atoms with Crippen molar-refractivity contribution in [2.75, 3.05) is 19.8 Å². The van der Waals surface area contributed by atoms with Gasteiger partial charge in [-0.2, -0.15) is 0 Å². The van der Waals surface area contributed by atoms with Gasteiger partial charge in [0.2, 0.25) is 5.90 Å². The summed E-state index contributed by atoms with van der Waals surface area (Å²) in [6.45, 7) is 1.25. The van der Waals surface area contributed by atoms with Crippen LogP contribution in [0.4, 0.5) is 0 Å². The maximum absolute atomic E-state index is 14.5. The lowest BCUT2D eigenvalue weighted by Gasteiger charge is -2.32. The Morgan fingerprint density at radius 1 is 1.07 bits per heavy atom. The number of hydrogen-bond acceptors (Lipinski definition) is 6. The second-order valence-electron chi connectivity index (χ2n) is 11.4. The van der Waals surface area contributed by atoms with E-state index in [1.807, 2.05) is 72.8 Å². The number of aliphatic hydroxyl groups is 1. The van der Waals surface area contributed by atoms with Gasteiger partial charge in [-0.15, -0.1) is 0 Å². The first kappa shape index (κ1) is 31.6. The van der Waals surface area contributed by atoms with E-state index in [0.717, 1.165) is 39.6 Å². The molecule has 1 fully saturated rings. The van der Waals surface area contributed by atoms with Crippen LogP contribution in [-0.4, -0.2) is 42.2 Å². The molecule has 0 saturated heterocycles. The van der Waals surface area contributed by atoms with Gasteiger partial charge in [0.05, 0.1) is 13.2 Å². The standard InChI is InChI=1S/C34H38BrN5O4/c35-29-15-11-25(12-16-29)31-34(33(42)37-22-24-7-2-1-3-8-24,21-27-9-4-5-10-28(27)23-38-40-36)39-32(44-31)26-13-17-30(18-14-26)43-20-6-19-41/h4-5,9-18,24,31,41H,1-3,6-8,19-23H2,(H,37,42)/t31-,34-/m1/s1. The Bertz CT molecular complexity index is 1480. The third-order valence-corrected chi connectivity index (χ3v) is 8.89. The number of carbonyl (C=O) groups is 1. The van der Waals surface area contributed by atoms with Gasteiger partial charge in [0, 0.05) is 40.9 Å². The monoisotopic (exact) mass is 659 g/mol. The van der Waals surface area contributed by atoms with Crippen LogP contribution in [0.3, 0.4) is 0 Å². The Morgan fingerprint density at radius 3 is 2.50 bits per heavy atom. The molecule has 0 spiro atoms. The van der Waals surface area contributed by atoms with E-state index in [9.17, 15) is 4.79 Å². The summed E-state index contributed by atoms with van der Waals surface area (Å²) in [5.74, 6) is 1.31. The molecule has 0 bridgehead atoms. The van der Waals surface area contributed by atoms with Crippen LogP contribution in [0.1, 0.15) is 66.9 Å². The number of ether oxygens (including phenoxy) is 2. The number of benzene rings is 3. The maximum Gasteiger partial charge on any atom is 0.252 e. The van der Waals surface area contributed by atoms with E-state index in [1.165, 1.54) is 19.3 Å². The molecule has 1 aliphatic carbocycles. The van der Waals surface area contributed by atoms with Crippen LogP contribution in [0.15, 0.2) is 87.4 Å². The molecule has 3 aromatic carbocycles. The average molecular weight is 661 g/mol. The molecule has 2 aliphatic rings. The van der Waals surface area contributed by atoms with Gasteiger partial charge in [0.25, 0.3) is 5.91 Å².